The summed E-state index contributed by atoms with van der Waals surface area (Å²) in [5, 5.41) is 11.7. The number of halogens is 1. The number of hydrogen-bond donors (Lipinski definition) is 3. The summed E-state index contributed by atoms with van der Waals surface area (Å²) >= 11 is 1.81. The first-order valence-electron chi connectivity index (χ1n) is 9.68. The summed E-state index contributed by atoms with van der Waals surface area (Å²) in [6.07, 6.45) is 5.75. The molecule has 1 unspecified atom stereocenters. The lowest BCUT2D eigenvalue weighted by atomic mass is 10.2. The number of thiophene rings is 1. The van der Waals surface area contributed by atoms with Gasteiger partial charge < -0.3 is 16.0 Å². The van der Waals surface area contributed by atoms with E-state index < -0.39 is 0 Å². The third kappa shape index (κ3) is 7.23. The van der Waals surface area contributed by atoms with Gasteiger partial charge in [0.1, 0.15) is 0 Å². The van der Waals surface area contributed by atoms with Crippen LogP contribution in [-0.4, -0.2) is 61.5 Å². The number of rotatable bonds is 8. The van der Waals surface area contributed by atoms with Gasteiger partial charge in [-0.2, -0.15) is 0 Å². The van der Waals surface area contributed by atoms with Crippen LogP contribution in [0.25, 0.3) is 0 Å². The maximum Gasteiger partial charge on any atom is 0.252 e. The highest BCUT2D eigenvalue weighted by Crippen LogP contribution is 2.27. The molecule has 0 saturated carbocycles. The van der Waals surface area contributed by atoms with Gasteiger partial charge in [0.05, 0.1) is 11.6 Å². The topological polar surface area (TPSA) is 81.6 Å². The summed E-state index contributed by atoms with van der Waals surface area (Å²) in [6.45, 7) is 4.21. The van der Waals surface area contributed by atoms with Crippen LogP contribution >= 0.6 is 35.3 Å². The maximum atomic E-state index is 12.0. The normalized spacial score (nSPS) is 15.4. The highest BCUT2D eigenvalue weighted by atomic mass is 127. The zero-order chi connectivity index (χ0) is 19.6. The molecule has 9 heteroatoms. The maximum absolute atomic E-state index is 12.0. The van der Waals surface area contributed by atoms with Crippen molar-refractivity contribution < 1.29 is 4.79 Å². The Morgan fingerprint density at radius 3 is 2.66 bits per heavy atom. The van der Waals surface area contributed by atoms with E-state index in [0.717, 1.165) is 25.6 Å². The molecule has 3 heterocycles. The Hall–Kier alpha value is -1.72. The van der Waals surface area contributed by atoms with Gasteiger partial charge in [0.2, 0.25) is 0 Å². The van der Waals surface area contributed by atoms with Crippen molar-refractivity contribution in [2.75, 3.05) is 39.8 Å². The third-order valence-electron chi connectivity index (χ3n) is 4.77. The average molecular weight is 528 g/mol. The summed E-state index contributed by atoms with van der Waals surface area (Å²) in [6, 6.07) is 8.19. The van der Waals surface area contributed by atoms with Crippen LogP contribution in [-0.2, 0) is 0 Å². The van der Waals surface area contributed by atoms with E-state index in [1.54, 1.807) is 42.9 Å². The van der Waals surface area contributed by atoms with Crippen molar-refractivity contribution in [2.45, 2.75) is 18.9 Å². The Morgan fingerprint density at radius 1 is 1.21 bits per heavy atom. The number of aromatic nitrogens is 1. The number of aliphatic imine (C=N–C) groups is 1. The highest BCUT2D eigenvalue weighted by molar-refractivity contribution is 14.0. The predicted molar refractivity (Wildman–Crippen MR) is 129 cm³/mol. The fraction of sp³-hybridized carbons (Fsp3) is 0.450. The Bertz CT molecular complexity index is 750. The van der Waals surface area contributed by atoms with E-state index >= 15 is 0 Å². The van der Waals surface area contributed by atoms with Crippen LogP contribution in [0.15, 0.2) is 47.0 Å². The van der Waals surface area contributed by atoms with Gasteiger partial charge in [-0.3, -0.25) is 19.7 Å². The first-order chi connectivity index (χ1) is 13.8. The lowest BCUT2D eigenvalue weighted by Gasteiger charge is -2.27. The predicted octanol–water partition coefficient (Wildman–Crippen LogP) is 2.49. The van der Waals surface area contributed by atoms with Crippen molar-refractivity contribution in [3.63, 3.8) is 0 Å². The number of amides is 1. The van der Waals surface area contributed by atoms with Crippen LogP contribution in [0.4, 0.5) is 0 Å². The van der Waals surface area contributed by atoms with Crippen LogP contribution < -0.4 is 16.0 Å². The van der Waals surface area contributed by atoms with Crippen molar-refractivity contribution in [3.05, 3.63) is 52.5 Å². The van der Waals surface area contributed by atoms with E-state index in [1.165, 1.54) is 17.7 Å². The fourth-order valence-corrected chi connectivity index (χ4v) is 4.17. The number of carbonyl (C=O) groups is 1. The zero-order valence-corrected chi connectivity index (χ0v) is 19.8. The molecule has 1 aliphatic rings. The fourth-order valence-electron chi connectivity index (χ4n) is 3.31. The smallest absolute Gasteiger partial charge is 0.252 e. The molecule has 0 radical (unpaired) electrons. The average Bonchev–Trinajstić information content (AvgIpc) is 3.45. The molecule has 2 aromatic rings. The minimum Gasteiger partial charge on any atom is -0.355 e. The lowest BCUT2D eigenvalue weighted by Crippen LogP contribution is -2.44. The molecule has 1 amide bonds. The Labute approximate surface area is 193 Å². The Kier molecular flexibility index (Phi) is 10.4. The number of likely N-dealkylation sites (tertiary alicyclic amines) is 1. The van der Waals surface area contributed by atoms with E-state index in [0.29, 0.717) is 24.7 Å². The van der Waals surface area contributed by atoms with E-state index in [2.05, 4.69) is 48.3 Å². The number of carbonyl (C=O) groups excluding carboxylic acids is 1. The molecule has 29 heavy (non-hydrogen) atoms. The van der Waals surface area contributed by atoms with Crippen LogP contribution in [0.5, 0.6) is 0 Å². The molecular formula is C20H29IN6OS. The summed E-state index contributed by atoms with van der Waals surface area (Å²) in [7, 11) is 1.76. The molecule has 1 atom stereocenters. The third-order valence-corrected chi connectivity index (χ3v) is 5.74. The molecule has 1 aliphatic heterocycles. The summed E-state index contributed by atoms with van der Waals surface area (Å²) in [5.74, 6) is 0.626. The van der Waals surface area contributed by atoms with E-state index in [-0.39, 0.29) is 29.9 Å². The molecule has 0 aromatic carbocycles. The van der Waals surface area contributed by atoms with Crippen molar-refractivity contribution in [1.29, 1.82) is 0 Å². The Balaban J connectivity index is 0.00000300. The van der Waals surface area contributed by atoms with Gasteiger partial charge >= 0.3 is 0 Å². The standard InChI is InChI=1S/C20H28N6OS.HI/c1-21-20(24-10-9-23-19(27)16-6-4-8-22-14-16)25-15-17(18-7-5-13-28-18)26-11-2-3-12-26;/h4-8,13-14,17H,2-3,9-12,15H2,1H3,(H,23,27)(H2,21,24,25);1H. The molecule has 2 aromatic heterocycles. The largest absolute Gasteiger partial charge is 0.355 e. The van der Waals surface area contributed by atoms with Gasteiger partial charge in [-0.25, -0.2) is 0 Å². The molecule has 1 fully saturated rings. The first kappa shape index (κ1) is 23.6. The van der Waals surface area contributed by atoms with E-state index in [4.69, 9.17) is 0 Å². The van der Waals surface area contributed by atoms with Crippen LogP contribution in [0.3, 0.4) is 0 Å². The second kappa shape index (κ2) is 12.8. The number of pyridine rings is 1. The minimum absolute atomic E-state index is 0. The minimum atomic E-state index is -0.121. The van der Waals surface area contributed by atoms with Gasteiger partial charge in [-0.1, -0.05) is 6.07 Å². The number of nitrogens with one attached hydrogen (secondary N) is 3. The second-order valence-electron chi connectivity index (χ2n) is 6.65. The highest BCUT2D eigenvalue weighted by Gasteiger charge is 2.24. The first-order valence-corrected chi connectivity index (χ1v) is 10.6. The van der Waals surface area contributed by atoms with Gasteiger partial charge in [-0.15, -0.1) is 35.3 Å². The SMILES string of the molecule is CN=C(NCCNC(=O)c1cccnc1)NCC(c1cccs1)N1CCCC1.I. The van der Waals surface area contributed by atoms with Gasteiger partial charge in [-0.05, 0) is 49.5 Å². The van der Waals surface area contributed by atoms with Crippen LogP contribution in [0.2, 0.25) is 0 Å². The summed E-state index contributed by atoms with van der Waals surface area (Å²) in [4.78, 5) is 24.2. The number of guanidine groups is 1. The van der Waals surface area contributed by atoms with Crippen molar-refractivity contribution in [2.24, 2.45) is 4.99 Å². The van der Waals surface area contributed by atoms with E-state index in [1.807, 2.05) is 0 Å². The van der Waals surface area contributed by atoms with Gasteiger partial charge in [0, 0.05) is 44.0 Å². The summed E-state index contributed by atoms with van der Waals surface area (Å²) < 4.78 is 0. The number of hydrogen-bond acceptors (Lipinski definition) is 5. The molecule has 0 aliphatic carbocycles. The van der Waals surface area contributed by atoms with Crippen molar-refractivity contribution >= 4 is 47.2 Å². The van der Waals surface area contributed by atoms with Crippen molar-refractivity contribution in [3.8, 4) is 0 Å². The van der Waals surface area contributed by atoms with Crippen molar-refractivity contribution in [1.82, 2.24) is 25.8 Å². The van der Waals surface area contributed by atoms with Gasteiger partial charge in [0.15, 0.2) is 5.96 Å². The monoisotopic (exact) mass is 528 g/mol. The van der Waals surface area contributed by atoms with E-state index in [9.17, 15) is 4.79 Å². The second-order valence-corrected chi connectivity index (χ2v) is 7.63. The molecular weight excluding hydrogens is 499 g/mol. The molecule has 7 nitrogen and oxygen atoms in total. The van der Waals surface area contributed by atoms with Crippen LogP contribution in [0.1, 0.15) is 34.1 Å². The summed E-state index contributed by atoms with van der Waals surface area (Å²) in [5.41, 5.74) is 0.564. The number of nitrogens with zero attached hydrogens (tertiary/aromatic N) is 3. The van der Waals surface area contributed by atoms with Gasteiger partial charge in [0.25, 0.3) is 5.91 Å². The molecule has 3 N–H and O–H groups in total. The quantitative estimate of drug-likeness (QED) is 0.212. The van der Waals surface area contributed by atoms with Crippen LogP contribution in [0, 0.1) is 0 Å². The molecule has 0 spiro atoms. The Morgan fingerprint density at radius 2 is 2.00 bits per heavy atom. The molecule has 3 rings (SSSR count). The zero-order valence-electron chi connectivity index (χ0n) is 16.6. The molecule has 1 saturated heterocycles. The molecule has 158 valence electrons. The lowest BCUT2D eigenvalue weighted by molar-refractivity contribution is 0.0954. The molecule has 0 bridgehead atoms.